The van der Waals surface area contributed by atoms with Crippen molar-refractivity contribution in [1.82, 2.24) is 10.3 Å². The van der Waals surface area contributed by atoms with E-state index < -0.39 is 5.60 Å². The molecule has 3 rings (SSSR count). The van der Waals surface area contributed by atoms with Crippen LogP contribution in [0.1, 0.15) is 52.2 Å². The maximum atomic E-state index is 12.4. The number of carbonyl (C=O) groups is 2. The number of ketones is 1. The van der Waals surface area contributed by atoms with E-state index in [0.717, 1.165) is 11.3 Å². The van der Waals surface area contributed by atoms with Crippen LogP contribution in [0.15, 0.2) is 36.5 Å². The number of Topliss-reactive ketones (excluding diaryl/α,β-unsaturated/α-hetero) is 1. The Hall–Kier alpha value is -2.69. The molecule has 5 heteroatoms. The molecule has 0 aliphatic carbocycles. The molecule has 1 aliphatic rings. The van der Waals surface area contributed by atoms with Gasteiger partial charge in [0.15, 0.2) is 5.78 Å². The number of pyridine rings is 1. The molecule has 0 atom stereocenters. The zero-order valence-electron chi connectivity index (χ0n) is 14.1. The molecule has 1 aromatic heterocycles. The number of nitrogens with one attached hydrogen (secondary N) is 1. The van der Waals surface area contributed by atoms with Crippen molar-refractivity contribution in [3.8, 4) is 5.75 Å². The lowest BCUT2D eigenvalue weighted by Gasteiger charge is -2.31. The van der Waals surface area contributed by atoms with Crippen LogP contribution in [0, 0.1) is 6.92 Å². The minimum atomic E-state index is -0.550. The van der Waals surface area contributed by atoms with E-state index in [9.17, 15) is 9.59 Å². The van der Waals surface area contributed by atoms with E-state index in [0.29, 0.717) is 29.8 Å². The van der Waals surface area contributed by atoms with E-state index in [-0.39, 0.29) is 11.7 Å². The second kappa shape index (κ2) is 6.07. The molecule has 5 nitrogen and oxygen atoms in total. The first-order chi connectivity index (χ1) is 11.4. The summed E-state index contributed by atoms with van der Waals surface area (Å²) in [6.07, 6.45) is 2.06. The SMILES string of the molecule is Cc1ncccc1CNC(=O)c1ccc2c(c1)OC(C)(C)CC2=O. The zero-order valence-corrected chi connectivity index (χ0v) is 14.1. The van der Waals surface area contributed by atoms with Gasteiger partial charge in [-0.3, -0.25) is 14.6 Å². The number of carbonyl (C=O) groups excluding carboxylic acids is 2. The molecule has 0 unspecified atom stereocenters. The lowest BCUT2D eigenvalue weighted by Crippen LogP contribution is -2.36. The van der Waals surface area contributed by atoms with Gasteiger partial charge in [-0.2, -0.15) is 0 Å². The maximum absolute atomic E-state index is 12.4. The summed E-state index contributed by atoms with van der Waals surface area (Å²) in [6.45, 7) is 6.04. The third-order valence-electron chi connectivity index (χ3n) is 4.07. The zero-order chi connectivity index (χ0) is 17.3. The highest BCUT2D eigenvalue weighted by Gasteiger charge is 2.32. The highest BCUT2D eigenvalue weighted by molar-refractivity contribution is 6.02. The molecule has 0 bridgehead atoms. The van der Waals surface area contributed by atoms with Crippen LogP contribution < -0.4 is 10.1 Å². The summed E-state index contributed by atoms with van der Waals surface area (Å²) in [6, 6.07) is 8.73. The smallest absolute Gasteiger partial charge is 0.251 e. The summed E-state index contributed by atoms with van der Waals surface area (Å²) in [5.74, 6) is 0.307. The lowest BCUT2D eigenvalue weighted by molar-refractivity contribution is 0.0617. The molecule has 0 fully saturated rings. The van der Waals surface area contributed by atoms with Crippen LogP contribution in [0.25, 0.3) is 0 Å². The molecule has 1 aliphatic heterocycles. The Bertz CT molecular complexity index is 812. The van der Waals surface area contributed by atoms with Crippen LogP contribution >= 0.6 is 0 Å². The number of benzene rings is 1. The molecule has 0 saturated heterocycles. The Morgan fingerprint density at radius 2 is 2.12 bits per heavy atom. The van der Waals surface area contributed by atoms with E-state index in [1.807, 2.05) is 32.9 Å². The number of fused-ring (bicyclic) bond motifs is 1. The third kappa shape index (κ3) is 3.30. The Labute approximate surface area is 141 Å². The molecule has 24 heavy (non-hydrogen) atoms. The van der Waals surface area contributed by atoms with Crippen molar-refractivity contribution >= 4 is 11.7 Å². The average molecular weight is 324 g/mol. The quantitative estimate of drug-likeness (QED) is 0.942. The number of ether oxygens (including phenoxy) is 1. The molecule has 2 heterocycles. The van der Waals surface area contributed by atoms with E-state index in [4.69, 9.17) is 4.74 Å². The summed E-state index contributed by atoms with van der Waals surface area (Å²) < 4.78 is 5.85. The summed E-state index contributed by atoms with van der Waals surface area (Å²) in [4.78, 5) is 28.7. The number of rotatable bonds is 3. The number of hydrogen-bond acceptors (Lipinski definition) is 4. The number of aromatic nitrogens is 1. The van der Waals surface area contributed by atoms with Crippen molar-refractivity contribution in [3.63, 3.8) is 0 Å². The summed E-state index contributed by atoms with van der Waals surface area (Å²) in [5.41, 5.74) is 2.32. The van der Waals surface area contributed by atoms with Crippen LogP contribution in [-0.2, 0) is 6.54 Å². The fraction of sp³-hybridized carbons (Fsp3) is 0.316. The predicted octanol–water partition coefficient (Wildman–Crippen LogP) is 3.06. The van der Waals surface area contributed by atoms with Gasteiger partial charge in [-0.25, -0.2) is 0 Å². The van der Waals surface area contributed by atoms with Crippen molar-refractivity contribution in [2.45, 2.75) is 39.3 Å². The summed E-state index contributed by atoms with van der Waals surface area (Å²) in [7, 11) is 0. The van der Waals surface area contributed by atoms with Gasteiger partial charge in [0.1, 0.15) is 11.4 Å². The van der Waals surface area contributed by atoms with Crippen molar-refractivity contribution < 1.29 is 14.3 Å². The number of aryl methyl sites for hydroxylation is 1. The molecule has 1 aromatic carbocycles. The van der Waals surface area contributed by atoms with Crippen molar-refractivity contribution in [2.24, 2.45) is 0 Å². The van der Waals surface area contributed by atoms with E-state index in [1.165, 1.54) is 0 Å². The van der Waals surface area contributed by atoms with Crippen LogP contribution in [-0.4, -0.2) is 22.3 Å². The normalized spacial score (nSPS) is 15.4. The van der Waals surface area contributed by atoms with E-state index in [1.54, 1.807) is 24.4 Å². The number of nitrogens with zero attached hydrogens (tertiary/aromatic N) is 1. The van der Waals surface area contributed by atoms with Crippen LogP contribution in [0.5, 0.6) is 5.75 Å². The molecule has 0 spiro atoms. The highest BCUT2D eigenvalue weighted by Crippen LogP contribution is 2.33. The first-order valence-electron chi connectivity index (χ1n) is 7.91. The molecule has 0 saturated carbocycles. The Morgan fingerprint density at radius 3 is 2.88 bits per heavy atom. The second-order valence-corrected chi connectivity index (χ2v) is 6.60. The van der Waals surface area contributed by atoms with Gasteiger partial charge >= 0.3 is 0 Å². The Morgan fingerprint density at radius 1 is 1.33 bits per heavy atom. The third-order valence-corrected chi connectivity index (χ3v) is 4.07. The summed E-state index contributed by atoms with van der Waals surface area (Å²) in [5, 5.41) is 2.88. The highest BCUT2D eigenvalue weighted by atomic mass is 16.5. The molecule has 2 aromatic rings. The van der Waals surface area contributed by atoms with Gasteiger partial charge in [0.05, 0.1) is 12.0 Å². The van der Waals surface area contributed by atoms with Gasteiger partial charge in [0, 0.05) is 24.0 Å². The second-order valence-electron chi connectivity index (χ2n) is 6.60. The van der Waals surface area contributed by atoms with Crippen LogP contribution in [0.4, 0.5) is 0 Å². The van der Waals surface area contributed by atoms with E-state index in [2.05, 4.69) is 10.3 Å². The molecule has 1 amide bonds. The van der Waals surface area contributed by atoms with Crippen LogP contribution in [0.2, 0.25) is 0 Å². The van der Waals surface area contributed by atoms with E-state index >= 15 is 0 Å². The standard InChI is InChI=1S/C19H20N2O3/c1-12-14(5-4-8-20-12)11-21-18(23)13-6-7-15-16(22)10-19(2,3)24-17(15)9-13/h4-9H,10-11H2,1-3H3,(H,21,23). The van der Waals surface area contributed by atoms with Crippen molar-refractivity contribution in [1.29, 1.82) is 0 Å². The Balaban J connectivity index is 1.77. The minimum Gasteiger partial charge on any atom is -0.487 e. The average Bonchev–Trinajstić information content (AvgIpc) is 2.52. The van der Waals surface area contributed by atoms with Crippen molar-refractivity contribution in [3.05, 3.63) is 58.9 Å². The Kier molecular flexibility index (Phi) is 4.09. The van der Waals surface area contributed by atoms with Crippen molar-refractivity contribution in [2.75, 3.05) is 0 Å². The number of hydrogen-bond donors (Lipinski definition) is 1. The first kappa shape index (κ1) is 16.2. The van der Waals surface area contributed by atoms with Crippen LogP contribution in [0.3, 0.4) is 0 Å². The van der Waals surface area contributed by atoms with Gasteiger partial charge in [-0.15, -0.1) is 0 Å². The largest absolute Gasteiger partial charge is 0.487 e. The molecule has 124 valence electrons. The van der Waals surface area contributed by atoms with Gasteiger partial charge in [-0.1, -0.05) is 6.07 Å². The minimum absolute atomic E-state index is 0.0409. The van der Waals surface area contributed by atoms with Gasteiger partial charge < -0.3 is 10.1 Å². The molecular formula is C19H20N2O3. The topological polar surface area (TPSA) is 68.3 Å². The lowest BCUT2D eigenvalue weighted by atomic mass is 9.92. The number of amides is 1. The fourth-order valence-electron chi connectivity index (χ4n) is 2.78. The maximum Gasteiger partial charge on any atom is 0.251 e. The summed E-state index contributed by atoms with van der Waals surface area (Å²) >= 11 is 0. The fourth-order valence-corrected chi connectivity index (χ4v) is 2.78. The monoisotopic (exact) mass is 324 g/mol. The molecule has 1 N–H and O–H groups in total. The molecule has 0 radical (unpaired) electrons. The van der Waals surface area contributed by atoms with Gasteiger partial charge in [-0.05, 0) is 50.6 Å². The predicted molar refractivity (Wildman–Crippen MR) is 90.2 cm³/mol. The van der Waals surface area contributed by atoms with Gasteiger partial charge in [0.25, 0.3) is 5.91 Å². The molecular weight excluding hydrogens is 304 g/mol. The first-order valence-corrected chi connectivity index (χ1v) is 7.91. The van der Waals surface area contributed by atoms with Gasteiger partial charge in [0.2, 0.25) is 0 Å².